The number of hydrogen-bond acceptors (Lipinski definition) is 4. The maximum atomic E-state index is 11.1. The van der Waals surface area contributed by atoms with Crippen molar-refractivity contribution in [1.82, 2.24) is 9.80 Å². The molecule has 0 aromatic carbocycles. The molecule has 21 heavy (non-hydrogen) atoms. The molecule has 0 atom stereocenters. The fraction of sp³-hybridized carbons (Fsp3) is 0.688. The molecule has 3 heterocycles. The predicted octanol–water partition coefficient (Wildman–Crippen LogP) is 2.29. The first kappa shape index (κ1) is 14.6. The van der Waals surface area contributed by atoms with E-state index in [2.05, 4.69) is 9.80 Å². The van der Waals surface area contributed by atoms with Gasteiger partial charge in [-0.3, -0.25) is 4.90 Å². The molecule has 2 saturated heterocycles. The second-order valence-electron chi connectivity index (χ2n) is 6.29. The molecule has 1 aromatic heterocycles. The van der Waals surface area contributed by atoms with Crippen molar-refractivity contribution < 1.29 is 14.3 Å². The van der Waals surface area contributed by atoms with Gasteiger partial charge in [-0.2, -0.15) is 0 Å². The van der Waals surface area contributed by atoms with E-state index in [1.165, 1.54) is 57.6 Å². The van der Waals surface area contributed by atoms with Crippen LogP contribution in [0.1, 0.15) is 41.8 Å². The number of nitrogens with zero attached hydrogens (tertiary/aromatic N) is 2. The van der Waals surface area contributed by atoms with E-state index in [9.17, 15) is 4.79 Å². The zero-order chi connectivity index (χ0) is 14.7. The lowest BCUT2D eigenvalue weighted by Gasteiger charge is -2.33. The zero-order valence-corrected chi connectivity index (χ0v) is 12.5. The molecule has 1 N–H and O–H groups in total. The number of carbonyl (C=O) groups is 1. The SMILES string of the molecule is O=C(O)c1ccoc1CN1CCC(CN2CCCC2)CC1. The summed E-state index contributed by atoms with van der Waals surface area (Å²) in [5.74, 6) is 0.484. The molecule has 5 heteroatoms. The largest absolute Gasteiger partial charge is 0.478 e. The van der Waals surface area contributed by atoms with Crippen molar-refractivity contribution >= 4 is 5.97 Å². The van der Waals surface area contributed by atoms with Crippen LogP contribution in [0.15, 0.2) is 16.7 Å². The Bertz CT molecular complexity index is 472. The van der Waals surface area contributed by atoms with Gasteiger partial charge in [0.2, 0.25) is 0 Å². The highest BCUT2D eigenvalue weighted by molar-refractivity contribution is 5.88. The Hall–Kier alpha value is -1.33. The van der Waals surface area contributed by atoms with Crippen LogP contribution in [0, 0.1) is 5.92 Å². The molecule has 0 bridgehead atoms. The Balaban J connectivity index is 1.47. The van der Waals surface area contributed by atoms with Gasteiger partial charge in [0, 0.05) is 6.54 Å². The van der Waals surface area contributed by atoms with E-state index in [4.69, 9.17) is 9.52 Å². The van der Waals surface area contributed by atoms with Crippen LogP contribution in [0.4, 0.5) is 0 Å². The third-order valence-corrected chi connectivity index (χ3v) is 4.77. The van der Waals surface area contributed by atoms with E-state index >= 15 is 0 Å². The molecule has 2 aliphatic heterocycles. The molecule has 2 fully saturated rings. The van der Waals surface area contributed by atoms with Crippen molar-refractivity contribution in [2.75, 3.05) is 32.7 Å². The second-order valence-corrected chi connectivity index (χ2v) is 6.29. The monoisotopic (exact) mass is 292 g/mol. The van der Waals surface area contributed by atoms with Crippen molar-refractivity contribution in [3.8, 4) is 0 Å². The van der Waals surface area contributed by atoms with Gasteiger partial charge in [-0.25, -0.2) is 4.79 Å². The van der Waals surface area contributed by atoms with Crippen LogP contribution in [0.3, 0.4) is 0 Å². The Labute approximate surface area is 125 Å². The van der Waals surface area contributed by atoms with Crippen molar-refractivity contribution in [2.24, 2.45) is 5.92 Å². The molecule has 5 nitrogen and oxygen atoms in total. The molecule has 0 amide bonds. The number of likely N-dealkylation sites (tertiary alicyclic amines) is 2. The van der Waals surface area contributed by atoms with E-state index in [-0.39, 0.29) is 0 Å². The van der Waals surface area contributed by atoms with Crippen LogP contribution < -0.4 is 0 Å². The molecular formula is C16H24N2O3. The Morgan fingerprint density at radius 3 is 2.57 bits per heavy atom. The summed E-state index contributed by atoms with van der Waals surface area (Å²) >= 11 is 0. The maximum Gasteiger partial charge on any atom is 0.339 e. The van der Waals surface area contributed by atoms with Gasteiger partial charge in [-0.05, 0) is 63.8 Å². The fourth-order valence-electron chi connectivity index (χ4n) is 3.51. The van der Waals surface area contributed by atoms with Crippen molar-refractivity contribution in [1.29, 1.82) is 0 Å². The molecule has 3 rings (SSSR count). The number of carboxylic acid groups (broad SMARTS) is 1. The normalized spacial score (nSPS) is 21.9. The molecular weight excluding hydrogens is 268 g/mol. The third kappa shape index (κ3) is 3.66. The summed E-state index contributed by atoms with van der Waals surface area (Å²) in [5, 5.41) is 9.10. The Morgan fingerprint density at radius 2 is 1.90 bits per heavy atom. The quantitative estimate of drug-likeness (QED) is 0.902. The minimum Gasteiger partial charge on any atom is -0.478 e. The molecule has 0 spiro atoms. The molecule has 0 radical (unpaired) electrons. The summed E-state index contributed by atoms with van der Waals surface area (Å²) in [6, 6.07) is 1.54. The van der Waals surface area contributed by atoms with Gasteiger partial charge in [0.15, 0.2) is 0 Å². The summed E-state index contributed by atoms with van der Waals surface area (Å²) in [7, 11) is 0. The number of piperidine rings is 1. The first-order chi connectivity index (χ1) is 10.2. The molecule has 116 valence electrons. The van der Waals surface area contributed by atoms with Crippen LogP contribution in [0.2, 0.25) is 0 Å². The van der Waals surface area contributed by atoms with E-state index in [0.717, 1.165) is 19.0 Å². The number of aromatic carboxylic acids is 1. The fourth-order valence-corrected chi connectivity index (χ4v) is 3.51. The number of hydrogen-bond donors (Lipinski definition) is 1. The average Bonchev–Trinajstić information content (AvgIpc) is 3.12. The summed E-state index contributed by atoms with van der Waals surface area (Å²) in [6.45, 7) is 6.49. The smallest absolute Gasteiger partial charge is 0.339 e. The molecule has 0 saturated carbocycles. The number of rotatable bonds is 5. The van der Waals surface area contributed by atoms with Crippen molar-refractivity contribution in [3.05, 3.63) is 23.7 Å². The summed E-state index contributed by atoms with van der Waals surface area (Å²) in [6.07, 6.45) is 6.60. The highest BCUT2D eigenvalue weighted by Crippen LogP contribution is 2.23. The van der Waals surface area contributed by atoms with Gasteiger partial charge in [-0.15, -0.1) is 0 Å². The first-order valence-electron chi connectivity index (χ1n) is 7.97. The van der Waals surface area contributed by atoms with Crippen molar-refractivity contribution in [2.45, 2.75) is 32.2 Å². The zero-order valence-electron chi connectivity index (χ0n) is 12.5. The van der Waals surface area contributed by atoms with Gasteiger partial charge in [0.05, 0.1) is 12.8 Å². The predicted molar refractivity (Wildman–Crippen MR) is 79.3 cm³/mol. The lowest BCUT2D eigenvalue weighted by molar-refractivity contribution is 0.0691. The Morgan fingerprint density at radius 1 is 1.19 bits per heavy atom. The van der Waals surface area contributed by atoms with Crippen LogP contribution in [-0.4, -0.2) is 53.6 Å². The van der Waals surface area contributed by atoms with E-state index in [1.54, 1.807) is 0 Å². The van der Waals surface area contributed by atoms with Gasteiger partial charge in [-0.1, -0.05) is 0 Å². The Kier molecular flexibility index (Phi) is 4.60. The highest BCUT2D eigenvalue weighted by atomic mass is 16.4. The topological polar surface area (TPSA) is 56.9 Å². The number of carboxylic acids is 1. The van der Waals surface area contributed by atoms with Crippen LogP contribution in [-0.2, 0) is 6.54 Å². The van der Waals surface area contributed by atoms with E-state index in [0.29, 0.717) is 17.9 Å². The van der Waals surface area contributed by atoms with Gasteiger partial charge in [0.1, 0.15) is 11.3 Å². The minimum absolute atomic E-state index is 0.300. The van der Waals surface area contributed by atoms with Gasteiger partial charge < -0.3 is 14.4 Å². The molecule has 1 aromatic rings. The minimum atomic E-state index is -0.900. The molecule has 0 aliphatic carbocycles. The van der Waals surface area contributed by atoms with Crippen molar-refractivity contribution in [3.63, 3.8) is 0 Å². The summed E-state index contributed by atoms with van der Waals surface area (Å²) in [5.41, 5.74) is 0.300. The number of furan rings is 1. The van der Waals surface area contributed by atoms with Gasteiger partial charge >= 0.3 is 5.97 Å². The summed E-state index contributed by atoms with van der Waals surface area (Å²) in [4.78, 5) is 16.0. The average molecular weight is 292 g/mol. The van der Waals surface area contributed by atoms with E-state index < -0.39 is 5.97 Å². The third-order valence-electron chi connectivity index (χ3n) is 4.77. The van der Waals surface area contributed by atoms with Crippen LogP contribution in [0.5, 0.6) is 0 Å². The second kappa shape index (κ2) is 6.62. The van der Waals surface area contributed by atoms with Crippen LogP contribution >= 0.6 is 0 Å². The van der Waals surface area contributed by atoms with Gasteiger partial charge in [0.25, 0.3) is 0 Å². The lowest BCUT2D eigenvalue weighted by atomic mass is 9.96. The molecule has 0 unspecified atom stereocenters. The molecule has 2 aliphatic rings. The first-order valence-corrected chi connectivity index (χ1v) is 7.97. The van der Waals surface area contributed by atoms with E-state index in [1.807, 2.05) is 0 Å². The maximum absolute atomic E-state index is 11.1. The van der Waals surface area contributed by atoms with Crippen LogP contribution in [0.25, 0.3) is 0 Å². The lowest BCUT2D eigenvalue weighted by Crippen LogP contribution is -2.37. The highest BCUT2D eigenvalue weighted by Gasteiger charge is 2.24. The summed E-state index contributed by atoms with van der Waals surface area (Å²) < 4.78 is 5.33. The standard InChI is InChI=1S/C16H24N2O3/c19-16(20)14-5-10-21-15(14)12-18-8-3-13(4-9-18)11-17-6-1-2-7-17/h5,10,13H,1-4,6-9,11-12H2,(H,19,20).